The third-order valence-electron chi connectivity index (χ3n) is 2.42. The molecule has 0 saturated heterocycles. The van der Waals surface area contributed by atoms with Gasteiger partial charge in [-0.05, 0) is 12.1 Å². The van der Waals surface area contributed by atoms with E-state index < -0.39 is 42.1 Å². The van der Waals surface area contributed by atoms with Gasteiger partial charge in [0, 0.05) is 0 Å². The average Bonchev–Trinajstić information content (AvgIpc) is 2.26. The number of benzene rings is 1. The van der Waals surface area contributed by atoms with Crippen LogP contribution in [0, 0.1) is 11.7 Å². The van der Waals surface area contributed by atoms with Crippen LogP contribution in [0.15, 0.2) is 24.3 Å². The molecule has 0 spiro atoms. The minimum absolute atomic E-state index is 0.484. The number of para-hydroxylation sites is 1. The second-order valence-electron chi connectivity index (χ2n) is 4.07. The highest BCUT2D eigenvalue weighted by molar-refractivity contribution is 5.24. The maximum atomic E-state index is 13.1. The summed E-state index contributed by atoms with van der Waals surface area (Å²) < 4.78 is 129. The molecule has 0 N–H and O–H groups in total. The van der Waals surface area contributed by atoms with Crippen LogP contribution in [-0.2, 0) is 0 Å². The summed E-state index contributed by atoms with van der Waals surface area (Å²) >= 11 is 0. The third kappa shape index (κ3) is 4.41. The van der Waals surface area contributed by atoms with Crippen LogP contribution < -0.4 is 4.74 Å². The first-order chi connectivity index (χ1) is 9.74. The molecule has 0 aliphatic heterocycles. The summed E-state index contributed by atoms with van der Waals surface area (Å²) in [7, 11) is 0. The van der Waals surface area contributed by atoms with E-state index in [0.29, 0.717) is 12.1 Å². The predicted molar refractivity (Wildman–Crippen MR) is 52.5 cm³/mol. The quantitative estimate of drug-likeness (QED) is 0.711. The number of halogens is 10. The topological polar surface area (TPSA) is 9.23 Å². The Balaban J connectivity index is 3.31. The first-order valence-corrected chi connectivity index (χ1v) is 5.36. The number of ether oxygens (including phenoxy) is 1. The van der Waals surface area contributed by atoms with E-state index >= 15 is 0 Å². The second-order valence-corrected chi connectivity index (χ2v) is 4.07. The Labute approximate surface area is 116 Å². The van der Waals surface area contributed by atoms with Crippen molar-refractivity contribution in [3.8, 4) is 5.75 Å². The van der Waals surface area contributed by atoms with Crippen LogP contribution in [0.1, 0.15) is 0 Å². The summed E-state index contributed by atoms with van der Waals surface area (Å²) in [5.74, 6) is -7.75. The van der Waals surface area contributed by atoms with Crippen LogP contribution in [0.2, 0.25) is 0 Å². The van der Waals surface area contributed by atoms with Gasteiger partial charge in [-0.2, -0.15) is 39.5 Å². The van der Waals surface area contributed by atoms with Crippen molar-refractivity contribution in [2.45, 2.75) is 24.6 Å². The SMILES string of the molecule is Fc1ccccc1OC(C(C(F)(F)F)C(F)(F)F)C(F)(F)F. The number of rotatable bonds is 3. The molecule has 0 bridgehead atoms. The van der Waals surface area contributed by atoms with Crippen molar-refractivity contribution in [2.75, 3.05) is 0 Å². The Morgan fingerprint density at radius 3 is 1.55 bits per heavy atom. The molecule has 0 fully saturated rings. The van der Waals surface area contributed by atoms with E-state index in [4.69, 9.17) is 0 Å². The van der Waals surface area contributed by atoms with Gasteiger partial charge in [-0.25, -0.2) is 4.39 Å². The molecule has 126 valence electrons. The van der Waals surface area contributed by atoms with Crippen molar-refractivity contribution in [1.29, 1.82) is 0 Å². The normalized spacial score (nSPS) is 15.0. The summed E-state index contributed by atoms with van der Waals surface area (Å²) in [6.07, 6.45) is -22.9. The van der Waals surface area contributed by atoms with Crippen molar-refractivity contribution in [3.05, 3.63) is 30.1 Å². The molecule has 1 unspecified atom stereocenters. The molecule has 0 heterocycles. The van der Waals surface area contributed by atoms with Gasteiger partial charge >= 0.3 is 18.5 Å². The lowest BCUT2D eigenvalue weighted by Crippen LogP contribution is -2.53. The zero-order valence-corrected chi connectivity index (χ0v) is 10.2. The Morgan fingerprint density at radius 2 is 1.18 bits per heavy atom. The predicted octanol–water partition coefficient (Wildman–Crippen LogP) is 4.88. The average molecular weight is 344 g/mol. The fourth-order valence-electron chi connectivity index (χ4n) is 1.53. The Hall–Kier alpha value is -1.68. The summed E-state index contributed by atoms with van der Waals surface area (Å²) in [4.78, 5) is 0. The molecule has 1 aromatic rings. The van der Waals surface area contributed by atoms with Crippen LogP contribution in [-0.4, -0.2) is 24.6 Å². The Bertz CT molecular complexity index is 487. The zero-order chi connectivity index (χ0) is 17.3. The summed E-state index contributed by atoms with van der Waals surface area (Å²) in [6, 6.07) is 2.87. The molecule has 0 aliphatic carbocycles. The smallest absolute Gasteiger partial charge is 0.426 e. The minimum atomic E-state index is -6.29. The van der Waals surface area contributed by atoms with Crippen molar-refractivity contribution in [2.24, 2.45) is 5.92 Å². The van der Waals surface area contributed by atoms with E-state index in [1.54, 1.807) is 0 Å². The van der Waals surface area contributed by atoms with Gasteiger partial charge in [0.2, 0.25) is 6.10 Å². The molecule has 1 rings (SSSR count). The lowest BCUT2D eigenvalue weighted by molar-refractivity contribution is -0.340. The van der Waals surface area contributed by atoms with Crippen molar-refractivity contribution < 1.29 is 48.6 Å². The lowest BCUT2D eigenvalue weighted by atomic mass is 10.0. The van der Waals surface area contributed by atoms with Gasteiger partial charge in [0.15, 0.2) is 17.5 Å². The second kappa shape index (κ2) is 5.84. The van der Waals surface area contributed by atoms with E-state index in [2.05, 4.69) is 4.74 Å². The molecular weight excluding hydrogens is 338 g/mol. The van der Waals surface area contributed by atoms with Gasteiger partial charge in [-0.3, -0.25) is 0 Å². The van der Waals surface area contributed by atoms with Crippen molar-refractivity contribution in [1.82, 2.24) is 0 Å². The van der Waals surface area contributed by atoms with Crippen LogP contribution in [0.5, 0.6) is 5.75 Å². The maximum absolute atomic E-state index is 13.1. The van der Waals surface area contributed by atoms with Gasteiger partial charge in [0.1, 0.15) is 0 Å². The first kappa shape index (κ1) is 18.4. The minimum Gasteiger partial charge on any atom is -0.477 e. The monoisotopic (exact) mass is 344 g/mol. The van der Waals surface area contributed by atoms with Gasteiger partial charge in [-0.15, -0.1) is 0 Å². The van der Waals surface area contributed by atoms with Gasteiger partial charge in [-0.1, -0.05) is 12.1 Å². The van der Waals surface area contributed by atoms with E-state index in [9.17, 15) is 43.9 Å². The van der Waals surface area contributed by atoms with E-state index in [1.165, 1.54) is 0 Å². The summed E-state index contributed by atoms with van der Waals surface area (Å²) in [5.41, 5.74) is 0. The fraction of sp³-hybridized carbons (Fsp3) is 0.455. The summed E-state index contributed by atoms with van der Waals surface area (Å²) in [6.45, 7) is 0. The first-order valence-electron chi connectivity index (χ1n) is 5.36. The van der Waals surface area contributed by atoms with E-state index in [0.717, 1.165) is 12.1 Å². The largest absolute Gasteiger partial charge is 0.477 e. The summed E-state index contributed by atoms with van der Waals surface area (Å²) in [5, 5.41) is 0. The highest BCUT2D eigenvalue weighted by atomic mass is 19.4. The molecule has 1 nitrogen and oxygen atoms in total. The fourth-order valence-corrected chi connectivity index (χ4v) is 1.53. The molecule has 1 atom stereocenters. The molecular formula is C11H6F10O. The lowest BCUT2D eigenvalue weighted by Gasteiger charge is -2.32. The van der Waals surface area contributed by atoms with Crippen molar-refractivity contribution >= 4 is 0 Å². The van der Waals surface area contributed by atoms with Gasteiger partial charge in [0.25, 0.3) is 0 Å². The number of alkyl halides is 9. The molecule has 11 heteroatoms. The molecule has 0 amide bonds. The maximum Gasteiger partial charge on any atom is 0.426 e. The van der Waals surface area contributed by atoms with E-state index in [-0.39, 0.29) is 0 Å². The van der Waals surface area contributed by atoms with Crippen LogP contribution in [0.4, 0.5) is 43.9 Å². The van der Waals surface area contributed by atoms with Crippen LogP contribution in [0.3, 0.4) is 0 Å². The van der Waals surface area contributed by atoms with Crippen LogP contribution >= 0.6 is 0 Å². The molecule has 1 aromatic carbocycles. The van der Waals surface area contributed by atoms with Crippen LogP contribution in [0.25, 0.3) is 0 Å². The van der Waals surface area contributed by atoms with Gasteiger partial charge in [0.05, 0.1) is 0 Å². The van der Waals surface area contributed by atoms with Gasteiger partial charge < -0.3 is 4.74 Å². The Kier molecular flexibility index (Phi) is 4.88. The molecule has 22 heavy (non-hydrogen) atoms. The highest BCUT2D eigenvalue weighted by Crippen LogP contribution is 2.47. The van der Waals surface area contributed by atoms with Crippen molar-refractivity contribution in [3.63, 3.8) is 0 Å². The highest BCUT2D eigenvalue weighted by Gasteiger charge is 2.68. The third-order valence-corrected chi connectivity index (χ3v) is 2.42. The molecule has 0 saturated carbocycles. The molecule has 0 aromatic heterocycles. The Morgan fingerprint density at radius 1 is 0.727 bits per heavy atom. The zero-order valence-electron chi connectivity index (χ0n) is 10.2. The number of hydrogen-bond donors (Lipinski definition) is 0. The number of hydrogen-bond acceptors (Lipinski definition) is 1. The standard InChI is InChI=1S/C11H6F10O/c12-5-3-1-2-4-6(5)22-8(11(19,20)21)7(9(13,14)15)10(16,17)18/h1-4,7-8H. The molecule has 0 aliphatic rings. The molecule has 0 radical (unpaired) electrons. The van der Waals surface area contributed by atoms with E-state index in [1.807, 2.05) is 0 Å².